The summed E-state index contributed by atoms with van der Waals surface area (Å²) in [6.45, 7) is 2.79. The Balaban J connectivity index is 2.30. The van der Waals surface area contributed by atoms with Crippen LogP contribution in [0.2, 0.25) is 5.02 Å². The summed E-state index contributed by atoms with van der Waals surface area (Å²) in [5.74, 6) is 0. The van der Waals surface area contributed by atoms with Crippen LogP contribution in [0.15, 0.2) is 24.3 Å². The van der Waals surface area contributed by atoms with E-state index in [-0.39, 0.29) is 0 Å². The van der Waals surface area contributed by atoms with Crippen LogP contribution in [0, 0.1) is 0 Å². The zero-order chi connectivity index (χ0) is 10.9. The van der Waals surface area contributed by atoms with E-state index in [1.165, 1.54) is 0 Å². The van der Waals surface area contributed by atoms with Gasteiger partial charge in [0.05, 0.1) is 5.54 Å². The van der Waals surface area contributed by atoms with Gasteiger partial charge in [0.2, 0.25) is 0 Å². The fourth-order valence-corrected chi connectivity index (χ4v) is 2.23. The Morgan fingerprint density at radius 2 is 2.07 bits per heavy atom. The molecule has 82 valence electrons. The molecule has 3 heteroatoms. The first-order chi connectivity index (χ1) is 7.13. The Kier molecular flexibility index (Phi) is 2.98. The van der Waals surface area contributed by atoms with E-state index in [0.29, 0.717) is 11.4 Å². The molecule has 2 atom stereocenters. The first-order valence-corrected chi connectivity index (χ1v) is 5.66. The summed E-state index contributed by atoms with van der Waals surface area (Å²) in [7, 11) is 0. The SMILES string of the molecule is CC1(c2ccc(Cl)cc2)NCCCC1F. The maximum atomic E-state index is 13.9. The van der Waals surface area contributed by atoms with Crippen molar-refractivity contribution >= 4 is 11.6 Å². The fourth-order valence-electron chi connectivity index (χ4n) is 2.11. The van der Waals surface area contributed by atoms with Crippen LogP contribution in [0.4, 0.5) is 4.39 Å². The number of hydrogen-bond acceptors (Lipinski definition) is 1. The maximum Gasteiger partial charge on any atom is 0.122 e. The van der Waals surface area contributed by atoms with E-state index in [1.807, 2.05) is 31.2 Å². The zero-order valence-corrected chi connectivity index (χ0v) is 9.52. The number of alkyl halides is 1. The van der Waals surface area contributed by atoms with Crippen LogP contribution in [-0.2, 0) is 5.54 Å². The van der Waals surface area contributed by atoms with Gasteiger partial charge in [0.1, 0.15) is 6.17 Å². The molecule has 0 aromatic heterocycles. The van der Waals surface area contributed by atoms with Crippen molar-refractivity contribution < 1.29 is 4.39 Å². The van der Waals surface area contributed by atoms with Gasteiger partial charge in [-0.3, -0.25) is 0 Å². The van der Waals surface area contributed by atoms with Crippen molar-refractivity contribution in [1.82, 2.24) is 5.32 Å². The van der Waals surface area contributed by atoms with Crippen molar-refractivity contribution in [2.75, 3.05) is 6.54 Å². The minimum atomic E-state index is -0.826. The first-order valence-electron chi connectivity index (χ1n) is 5.28. The normalized spacial score (nSPS) is 31.5. The highest BCUT2D eigenvalue weighted by atomic mass is 35.5. The van der Waals surface area contributed by atoms with Gasteiger partial charge >= 0.3 is 0 Å². The molecule has 15 heavy (non-hydrogen) atoms. The predicted molar refractivity (Wildman–Crippen MR) is 60.9 cm³/mol. The van der Waals surface area contributed by atoms with Gasteiger partial charge in [0.15, 0.2) is 0 Å². The van der Waals surface area contributed by atoms with E-state index in [4.69, 9.17) is 11.6 Å². The van der Waals surface area contributed by atoms with Crippen LogP contribution in [0.3, 0.4) is 0 Å². The topological polar surface area (TPSA) is 12.0 Å². The van der Waals surface area contributed by atoms with Crippen LogP contribution in [0.25, 0.3) is 0 Å². The van der Waals surface area contributed by atoms with Gasteiger partial charge in [0.25, 0.3) is 0 Å². The van der Waals surface area contributed by atoms with E-state index in [2.05, 4.69) is 5.32 Å². The molecule has 2 unspecified atom stereocenters. The molecule has 0 spiro atoms. The third kappa shape index (κ3) is 2.01. The van der Waals surface area contributed by atoms with E-state index < -0.39 is 11.7 Å². The van der Waals surface area contributed by atoms with E-state index >= 15 is 0 Å². The number of benzene rings is 1. The van der Waals surface area contributed by atoms with E-state index in [1.54, 1.807) is 0 Å². The molecule has 0 aliphatic carbocycles. The lowest BCUT2D eigenvalue weighted by Crippen LogP contribution is -2.51. The van der Waals surface area contributed by atoms with Gasteiger partial charge in [-0.05, 0) is 44.0 Å². The molecule has 1 N–H and O–H groups in total. The van der Waals surface area contributed by atoms with Gasteiger partial charge in [0, 0.05) is 5.02 Å². The molecule has 1 aromatic rings. The lowest BCUT2D eigenvalue weighted by atomic mass is 9.82. The predicted octanol–water partition coefficient (Wildman–Crippen LogP) is 3.28. The average molecular weight is 228 g/mol. The summed E-state index contributed by atoms with van der Waals surface area (Å²) >= 11 is 5.82. The number of rotatable bonds is 1. The van der Waals surface area contributed by atoms with Crippen molar-refractivity contribution in [3.8, 4) is 0 Å². The lowest BCUT2D eigenvalue weighted by Gasteiger charge is -2.38. The molecule has 1 saturated heterocycles. The van der Waals surface area contributed by atoms with Gasteiger partial charge < -0.3 is 5.32 Å². The number of piperidine rings is 1. The molecule has 2 rings (SSSR count). The van der Waals surface area contributed by atoms with Gasteiger partial charge in [-0.15, -0.1) is 0 Å². The Morgan fingerprint density at radius 1 is 1.40 bits per heavy atom. The van der Waals surface area contributed by atoms with Crippen molar-refractivity contribution in [2.45, 2.75) is 31.5 Å². The molecular formula is C12H15ClFN. The van der Waals surface area contributed by atoms with E-state index in [9.17, 15) is 4.39 Å². The van der Waals surface area contributed by atoms with Gasteiger partial charge in [-0.2, -0.15) is 0 Å². The number of hydrogen-bond donors (Lipinski definition) is 1. The summed E-state index contributed by atoms with van der Waals surface area (Å²) < 4.78 is 13.9. The van der Waals surface area contributed by atoms with Crippen LogP contribution in [0.1, 0.15) is 25.3 Å². The summed E-state index contributed by atoms with van der Waals surface area (Å²) in [6, 6.07) is 7.41. The standard InChI is InChI=1S/C12H15ClFN/c1-12(11(14)3-2-8-15-12)9-4-6-10(13)7-5-9/h4-7,11,15H,2-3,8H2,1H3. The molecular weight excluding hydrogens is 213 g/mol. The first kappa shape index (κ1) is 10.9. The maximum absolute atomic E-state index is 13.9. The lowest BCUT2D eigenvalue weighted by molar-refractivity contribution is 0.121. The summed E-state index contributed by atoms with van der Waals surface area (Å²) in [5, 5.41) is 3.95. The molecule has 1 aliphatic rings. The molecule has 1 nitrogen and oxygen atoms in total. The highest BCUT2D eigenvalue weighted by molar-refractivity contribution is 6.30. The quantitative estimate of drug-likeness (QED) is 0.777. The number of nitrogens with one attached hydrogen (secondary N) is 1. The van der Waals surface area contributed by atoms with Crippen molar-refractivity contribution in [1.29, 1.82) is 0 Å². The molecule has 0 radical (unpaired) electrons. The fraction of sp³-hybridized carbons (Fsp3) is 0.500. The molecule has 1 aromatic carbocycles. The highest BCUT2D eigenvalue weighted by Gasteiger charge is 2.37. The second-order valence-corrected chi connectivity index (χ2v) is 4.68. The zero-order valence-electron chi connectivity index (χ0n) is 8.76. The van der Waals surface area contributed by atoms with E-state index in [0.717, 1.165) is 18.5 Å². The molecule has 1 fully saturated rings. The monoisotopic (exact) mass is 227 g/mol. The Hall–Kier alpha value is -0.600. The van der Waals surface area contributed by atoms with Crippen LogP contribution < -0.4 is 5.32 Å². The third-order valence-electron chi connectivity index (χ3n) is 3.20. The number of halogens is 2. The molecule has 1 aliphatic heterocycles. The Labute approximate surface area is 94.6 Å². The van der Waals surface area contributed by atoms with Crippen LogP contribution in [0.5, 0.6) is 0 Å². The van der Waals surface area contributed by atoms with Crippen molar-refractivity contribution in [2.24, 2.45) is 0 Å². The Morgan fingerprint density at radius 3 is 2.67 bits per heavy atom. The van der Waals surface area contributed by atoms with Crippen molar-refractivity contribution in [3.05, 3.63) is 34.9 Å². The highest BCUT2D eigenvalue weighted by Crippen LogP contribution is 2.32. The summed E-state index contributed by atoms with van der Waals surface area (Å²) in [4.78, 5) is 0. The van der Waals surface area contributed by atoms with Gasteiger partial charge in [-0.1, -0.05) is 23.7 Å². The van der Waals surface area contributed by atoms with Crippen molar-refractivity contribution in [3.63, 3.8) is 0 Å². The second kappa shape index (κ2) is 4.11. The summed E-state index contributed by atoms with van der Waals surface area (Å²) in [6.07, 6.45) is 0.712. The smallest absolute Gasteiger partial charge is 0.122 e. The van der Waals surface area contributed by atoms with Gasteiger partial charge in [-0.25, -0.2) is 4.39 Å². The summed E-state index contributed by atoms with van der Waals surface area (Å²) in [5.41, 5.74) is 0.419. The second-order valence-electron chi connectivity index (χ2n) is 4.25. The Bertz CT molecular complexity index is 338. The average Bonchev–Trinajstić information content (AvgIpc) is 2.23. The molecule has 0 saturated carbocycles. The largest absolute Gasteiger partial charge is 0.305 e. The van der Waals surface area contributed by atoms with Crippen LogP contribution >= 0.6 is 11.6 Å². The molecule has 0 amide bonds. The minimum absolute atomic E-state index is 0.553. The minimum Gasteiger partial charge on any atom is -0.305 e. The third-order valence-corrected chi connectivity index (χ3v) is 3.45. The molecule has 1 heterocycles. The van der Waals surface area contributed by atoms with Crippen LogP contribution in [-0.4, -0.2) is 12.7 Å². The molecule has 0 bridgehead atoms.